The average Bonchev–Trinajstić information content (AvgIpc) is 2.97. The van der Waals surface area contributed by atoms with E-state index >= 15 is 0 Å². The molecule has 0 amide bonds. The molecule has 1 saturated carbocycles. The molecule has 0 aromatic heterocycles. The number of allylic oxidation sites excluding steroid dienone is 2. The van der Waals surface area contributed by atoms with E-state index in [1.54, 1.807) is 0 Å². The molecule has 2 heteroatoms. The predicted molar refractivity (Wildman–Crippen MR) is 61.5 cm³/mol. The van der Waals surface area contributed by atoms with Crippen LogP contribution in [0.1, 0.15) is 46.0 Å². The summed E-state index contributed by atoms with van der Waals surface area (Å²) >= 11 is 0. The highest BCUT2D eigenvalue weighted by Crippen LogP contribution is 2.40. The average molecular weight is 210 g/mol. The van der Waals surface area contributed by atoms with E-state index in [0.29, 0.717) is 12.5 Å². The molecule has 0 aromatic carbocycles. The monoisotopic (exact) mass is 210 g/mol. The SMILES string of the molecule is CCCCC/C=C\C1C[C@@H]1C(=O)OCC. The molecule has 1 aliphatic rings. The smallest absolute Gasteiger partial charge is 0.309 e. The van der Waals surface area contributed by atoms with Crippen molar-refractivity contribution < 1.29 is 9.53 Å². The molecule has 2 atom stereocenters. The molecule has 0 heterocycles. The number of rotatable bonds is 7. The van der Waals surface area contributed by atoms with Crippen LogP contribution in [0.15, 0.2) is 12.2 Å². The zero-order valence-corrected chi connectivity index (χ0v) is 9.87. The molecule has 0 spiro atoms. The summed E-state index contributed by atoms with van der Waals surface area (Å²) in [5.74, 6) is 0.610. The van der Waals surface area contributed by atoms with Crippen LogP contribution in [0, 0.1) is 11.8 Å². The molecule has 1 unspecified atom stereocenters. The Labute approximate surface area is 92.7 Å². The minimum Gasteiger partial charge on any atom is -0.466 e. The number of unbranched alkanes of at least 4 members (excludes halogenated alkanes) is 3. The van der Waals surface area contributed by atoms with E-state index in [9.17, 15) is 4.79 Å². The maximum atomic E-state index is 11.3. The van der Waals surface area contributed by atoms with Crippen molar-refractivity contribution in [3.05, 3.63) is 12.2 Å². The first-order valence-electron chi connectivity index (χ1n) is 6.12. The molecule has 2 nitrogen and oxygen atoms in total. The number of hydrogen-bond acceptors (Lipinski definition) is 2. The first-order chi connectivity index (χ1) is 7.29. The van der Waals surface area contributed by atoms with Gasteiger partial charge >= 0.3 is 5.97 Å². The van der Waals surface area contributed by atoms with Gasteiger partial charge in [-0.05, 0) is 32.1 Å². The molecular weight excluding hydrogens is 188 g/mol. The maximum absolute atomic E-state index is 11.3. The van der Waals surface area contributed by atoms with Gasteiger partial charge in [0, 0.05) is 0 Å². The Kier molecular flexibility index (Phi) is 5.44. The van der Waals surface area contributed by atoms with Crippen molar-refractivity contribution in [2.75, 3.05) is 6.61 Å². The molecule has 0 N–H and O–H groups in total. The Morgan fingerprint density at radius 2 is 2.20 bits per heavy atom. The molecule has 1 aliphatic carbocycles. The van der Waals surface area contributed by atoms with Crippen LogP contribution in [-0.4, -0.2) is 12.6 Å². The van der Waals surface area contributed by atoms with Crippen LogP contribution in [0.4, 0.5) is 0 Å². The third kappa shape index (κ3) is 4.50. The lowest BCUT2D eigenvalue weighted by Crippen LogP contribution is -2.06. The highest BCUT2D eigenvalue weighted by molar-refractivity contribution is 5.76. The van der Waals surface area contributed by atoms with Gasteiger partial charge in [0.1, 0.15) is 0 Å². The molecule has 15 heavy (non-hydrogen) atoms. The van der Waals surface area contributed by atoms with Crippen LogP contribution in [0.2, 0.25) is 0 Å². The second-order valence-electron chi connectivity index (χ2n) is 4.18. The predicted octanol–water partition coefficient (Wildman–Crippen LogP) is 3.32. The molecule has 1 fully saturated rings. The fourth-order valence-corrected chi connectivity index (χ4v) is 1.73. The molecule has 0 aliphatic heterocycles. The zero-order valence-electron chi connectivity index (χ0n) is 9.87. The summed E-state index contributed by atoms with van der Waals surface area (Å²) in [5.41, 5.74) is 0. The van der Waals surface area contributed by atoms with Crippen LogP contribution < -0.4 is 0 Å². The highest BCUT2D eigenvalue weighted by atomic mass is 16.5. The van der Waals surface area contributed by atoms with Crippen LogP contribution in [0.25, 0.3) is 0 Å². The van der Waals surface area contributed by atoms with E-state index in [4.69, 9.17) is 4.74 Å². The Morgan fingerprint density at radius 1 is 1.40 bits per heavy atom. The lowest BCUT2D eigenvalue weighted by atomic mass is 10.2. The van der Waals surface area contributed by atoms with E-state index in [2.05, 4.69) is 19.1 Å². The molecule has 0 saturated heterocycles. The molecule has 86 valence electrons. The fraction of sp³-hybridized carbons (Fsp3) is 0.769. The summed E-state index contributed by atoms with van der Waals surface area (Å²) in [7, 11) is 0. The summed E-state index contributed by atoms with van der Waals surface area (Å²) < 4.78 is 4.97. The van der Waals surface area contributed by atoms with E-state index in [1.807, 2.05) is 6.92 Å². The lowest BCUT2D eigenvalue weighted by molar-refractivity contribution is -0.144. The fourth-order valence-electron chi connectivity index (χ4n) is 1.73. The standard InChI is InChI=1S/C13H22O2/c1-3-5-6-7-8-9-11-10-12(11)13(14)15-4-2/h8-9,11-12H,3-7,10H2,1-2H3/b9-8-/t11?,12-/m0/s1. The van der Waals surface area contributed by atoms with E-state index in [-0.39, 0.29) is 11.9 Å². The lowest BCUT2D eigenvalue weighted by Gasteiger charge is -1.97. The number of esters is 1. The summed E-state index contributed by atoms with van der Waals surface area (Å²) in [5, 5.41) is 0. The second-order valence-corrected chi connectivity index (χ2v) is 4.18. The van der Waals surface area contributed by atoms with E-state index in [0.717, 1.165) is 12.8 Å². The number of ether oxygens (including phenoxy) is 1. The molecule has 0 radical (unpaired) electrons. The van der Waals surface area contributed by atoms with Gasteiger partial charge in [-0.2, -0.15) is 0 Å². The van der Waals surface area contributed by atoms with Crippen LogP contribution >= 0.6 is 0 Å². The van der Waals surface area contributed by atoms with Gasteiger partial charge in [-0.3, -0.25) is 4.79 Å². The zero-order chi connectivity index (χ0) is 11.1. The summed E-state index contributed by atoms with van der Waals surface area (Å²) in [6, 6.07) is 0. The third-order valence-electron chi connectivity index (χ3n) is 2.79. The van der Waals surface area contributed by atoms with Crippen molar-refractivity contribution in [3.63, 3.8) is 0 Å². The third-order valence-corrected chi connectivity index (χ3v) is 2.79. The minimum absolute atomic E-state index is 0.0132. The molecule has 0 bridgehead atoms. The Morgan fingerprint density at radius 3 is 2.87 bits per heavy atom. The van der Waals surface area contributed by atoms with Gasteiger partial charge in [0.2, 0.25) is 0 Å². The Hall–Kier alpha value is -0.790. The molecular formula is C13H22O2. The van der Waals surface area contributed by atoms with Crippen molar-refractivity contribution in [3.8, 4) is 0 Å². The molecule has 1 rings (SSSR count). The Balaban J connectivity index is 2.07. The topological polar surface area (TPSA) is 26.3 Å². The highest BCUT2D eigenvalue weighted by Gasteiger charge is 2.42. The summed E-state index contributed by atoms with van der Waals surface area (Å²) in [6.07, 6.45) is 10.4. The second kappa shape index (κ2) is 6.65. The molecule has 0 aromatic rings. The first kappa shape index (κ1) is 12.3. The van der Waals surface area contributed by atoms with Gasteiger partial charge in [-0.15, -0.1) is 0 Å². The van der Waals surface area contributed by atoms with Crippen molar-refractivity contribution in [1.29, 1.82) is 0 Å². The maximum Gasteiger partial charge on any atom is 0.309 e. The minimum atomic E-state index is -0.0132. The van der Waals surface area contributed by atoms with Gasteiger partial charge in [-0.1, -0.05) is 31.9 Å². The van der Waals surface area contributed by atoms with Gasteiger partial charge in [0.25, 0.3) is 0 Å². The van der Waals surface area contributed by atoms with Crippen LogP contribution in [0.3, 0.4) is 0 Å². The van der Waals surface area contributed by atoms with E-state index < -0.39 is 0 Å². The van der Waals surface area contributed by atoms with Crippen LogP contribution in [-0.2, 0) is 9.53 Å². The van der Waals surface area contributed by atoms with Gasteiger partial charge in [0.05, 0.1) is 12.5 Å². The first-order valence-corrected chi connectivity index (χ1v) is 6.12. The van der Waals surface area contributed by atoms with Gasteiger partial charge < -0.3 is 4.74 Å². The van der Waals surface area contributed by atoms with Gasteiger partial charge in [0.15, 0.2) is 0 Å². The quantitative estimate of drug-likeness (QED) is 0.366. The van der Waals surface area contributed by atoms with Crippen molar-refractivity contribution in [2.45, 2.75) is 46.0 Å². The van der Waals surface area contributed by atoms with Crippen molar-refractivity contribution in [1.82, 2.24) is 0 Å². The van der Waals surface area contributed by atoms with Crippen molar-refractivity contribution >= 4 is 5.97 Å². The number of hydrogen-bond donors (Lipinski definition) is 0. The Bertz CT molecular complexity index is 221. The largest absolute Gasteiger partial charge is 0.466 e. The summed E-state index contributed by atoms with van der Waals surface area (Å²) in [6.45, 7) is 4.57. The normalized spacial score (nSPS) is 24.4. The van der Waals surface area contributed by atoms with E-state index in [1.165, 1.54) is 19.3 Å². The number of carbonyl (C=O) groups excluding carboxylic acids is 1. The van der Waals surface area contributed by atoms with Gasteiger partial charge in [-0.25, -0.2) is 0 Å². The summed E-state index contributed by atoms with van der Waals surface area (Å²) in [4.78, 5) is 11.3. The van der Waals surface area contributed by atoms with Crippen LogP contribution in [0.5, 0.6) is 0 Å². The van der Waals surface area contributed by atoms with Crippen molar-refractivity contribution in [2.24, 2.45) is 11.8 Å². The number of carbonyl (C=O) groups is 1.